The molecule has 0 aliphatic rings. The Bertz CT molecular complexity index is 350. The lowest BCUT2D eigenvalue weighted by atomic mass is 11.6. The van der Waals surface area contributed by atoms with Gasteiger partial charge in [-0.25, -0.2) is 8.42 Å². The Labute approximate surface area is 80.4 Å². The van der Waals surface area contributed by atoms with Crippen LogP contribution in [-0.2, 0) is 29.2 Å². The van der Waals surface area contributed by atoms with Crippen molar-refractivity contribution in [1.29, 1.82) is 0 Å². The van der Waals surface area contributed by atoms with Crippen LogP contribution in [0.2, 0.25) is 0 Å². The fourth-order valence-corrected chi connectivity index (χ4v) is 0. The zero-order valence-electron chi connectivity index (χ0n) is 6.13. The first-order valence-electron chi connectivity index (χ1n) is 2.38. The largest absolute Gasteiger partial charge is 0.741 e. The Morgan fingerprint density at radius 2 is 1.07 bits per heavy atom. The molecule has 0 aromatic rings. The maximum atomic E-state index is 10.7. The molecule has 0 aromatic heterocycles. The summed E-state index contributed by atoms with van der Waals surface area (Å²) in [5.74, 6) is 0. The highest BCUT2D eigenvalue weighted by Gasteiger charge is 2.50. The SMILES string of the molecule is O=S(=O)([O-])C(F)(F)F.O=[S+](=O)C(F)(F)F. The minimum absolute atomic E-state index is 3.93. The lowest BCUT2D eigenvalue weighted by Crippen LogP contribution is -2.21. The maximum absolute atomic E-state index is 10.7. The molecule has 0 spiro atoms. The van der Waals surface area contributed by atoms with E-state index in [-0.39, 0.29) is 0 Å². The molecule has 0 aromatic carbocycles. The molecule has 0 rings (SSSR count). The van der Waals surface area contributed by atoms with Crippen LogP contribution >= 0.6 is 0 Å². The van der Waals surface area contributed by atoms with Gasteiger partial charge < -0.3 is 4.55 Å². The van der Waals surface area contributed by atoms with Crippen LogP contribution in [0.4, 0.5) is 26.3 Å². The van der Waals surface area contributed by atoms with Gasteiger partial charge in [0.25, 0.3) is 0 Å². The van der Waals surface area contributed by atoms with E-state index in [1.54, 1.807) is 0 Å². The molecule has 0 bridgehead atoms. The Balaban J connectivity index is 0. The molecule has 5 nitrogen and oxygen atoms in total. The summed E-state index contributed by atoms with van der Waals surface area (Å²) < 4.78 is 108. The van der Waals surface area contributed by atoms with Crippen molar-refractivity contribution in [1.82, 2.24) is 0 Å². The van der Waals surface area contributed by atoms with E-state index in [9.17, 15) is 26.3 Å². The summed E-state index contributed by atoms with van der Waals surface area (Å²) in [6, 6.07) is 0. The van der Waals surface area contributed by atoms with Crippen molar-refractivity contribution >= 4 is 20.8 Å². The van der Waals surface area contributed by atoms with Crippen LogP contribution in [0.25, 0.3) is 0 Å². The molecule has 92 valence electrons. The molecule has 0 amide bonds. The van der Waals surface area contributed by atoms with E-state index in [0.717, 1.165) is 0 Å². The summed E-state index contributed by atoms with van der Waals surface area (Å²) in [4.78, 5) is 0. The average molecular weight is 282 g/mol. The fourth-order valence-electron chi connectivity index (χ4n) is 0. The molecule has 0 radical (unpaired) electrons. The van der Waals surface area contributed by atoms with Crippen LogP contribution < -0.4 is 0 Å². The first-order valence-corrected chi connectivity index (χ1v) is 4.86. The monoisotopic (exact) mass is 282 g/mol. The Morgan fingerprint density at radius 3 is 1.07 bits per heavy atom. The number of hydrogen-bond donors (Lipinski definition) is 0. The molecular formula is C2F6O5S2. The van der Waals surface area contributed by atoms with Gasteiger partial charge in [-0.3, -0.25) is 0 Å². The van der Waals surface area contributed by atoms with Crippen LogP contribution in [0.3, 0.4) is 0 Å². The van der Waals surface area contributed by atoms with E-state index >= 15 is 0 Å². The minimum atomic E-state index is -6.09. The quantitative estimate of drug-likeness (QED) is 0.284. The van der Waals surface area contributed by atoms with Crippen LogP contribution in [0.1, 0.15) is 0 Å². The van der Waals surface area contributed by atoms with Crippen LogP contribution in [0.15, 0.2) is 0 Å². The molecule has 0 atom stereocenters. The summed E-state index contributed by atoms with van der Waals surface area (Å²) in [7, 11) is -10.0. The van der Waals surface area contributed by atoms with Gasteiger partial charge in [0.1, 0.15) is 0 Å². The fraction of sp³-hybridized carbons (Fsp3) is 1.00. The maximum Gasteiger partial charge on any atom is 0.689 e. The topological polar surface area (TPSA) is 91.3 Å². The standard InChI is InChI=1S/CHF3O3S.CF3O2S/c2-1(3,4)8(5,6)7;2-1(3,4)7(5)6/h(H,5,6,7);/q;+1/p-1. The number of rotatable bonds is 0. The third-order valence-corrected chi connectivity index (χ3v) is 1.42. The lowest BCUT2D eigenvalue weighted by molar-refractivity contribution is -0.0518. The average Bonchev–Trinajstić information content (AvgIpc) is 1.80. The Kier molecular flexibility index (Phi) is 5.45. The highest BCUT2D eigenvalue weighted by molar-refractivity contribution is 7.86. The van der Waals surface area contributed by atoms with Gasteiger partial charge >= 0.3 is 21.7 Å². The summed E-state index contributed by atoms with van der Waals surface area (Å²) >= 11 is 0. The van der Waals surface area contributed by atoms with E-state index in [1.165, 1.54) is 0 Å². The van der Waals surface area contributed by atoms with Crippen molar-refractivity contribution in [3.05, 3.63) is 0 Å². The summed E-state index contributed by atoms with van der Waals surface area (Å²) in [6.45, 7) is 0. The van der Waals surface area contributed by atoms with E-state index in [1.807, 2.05) is 0 Å². The summed E-state index contributed by atoms with van der Waals surface area (Å²) in [5, 5.41) is 0. The van der Waals surface area contributed by atoms with Crippen LogP contribution in [0.5, 0.6) is 0 Å². The predicted octanol–water partition coefficient (Wildman–Crippen LogP) is 0.867. The molecule has 0 aliphatic carbocycles. The molecule has 0 unspecified atom stereocenters. The van der Waals surface area contributed by atoms with Gasteiger partial charge in [-0.2, -0.15) is 13.2 Å². The van der Waals surface area contributed by atoms with E-state index in [0.29, 0.717) is 0 Å². The number of halogens is 6. The molecular weight excluding hydrogens is 282 g/mol. The van der Waals surface area contributed by atoms with Crippen molar-refractivity contribution in [2.45, 2.75) is 11.0 Å². The smallest absolute Gasteiger partial charge is 0.689 e. The van der Waals surface area contributed by atoms with Gasteiger partial charge in [0, 0.05) is 8.42 Å². The molecule has 0 saturated carbocycles. The first-order chi connectivity index (χ1) is 6.19. The number of hydrogen-bond acceptors (Lipinski definition) is 5. The Hall–Kier alpha value is -0.690. The number of alkyl halides is 6. The summed E-state index contributed by atoms with van der Waals surface area (Å²) in [5.41, 5.74) is -10.7. The zero-order chi connectivity index (χ0) is 13.1. The van der Waals surface area contributed by atoms with Gasteiger partial charge in [0.05, 0.1) is 0 Å². The molecule has 0 heterocycles. The zero-order valence-corrected chi connectivity index (χ0v) is 7.76. The van der Waals surface area contributed by atoms with Crippen LogP contribution in [-0.4, -0.2) is 24.0 Å². The van der Waals surface area contributed by atoms with E-state index < -0.39 is 31.8 Å². The van der Waals surface area contributed by atoms with Gasteiger partial charge in [0.2, 0.25) is 0 Å². The molecule has 0 aliphatic heterocycles. The van der Waals surface area contributed by atoms with Crippen LogP contribution in [0, 0.1) is 0 Å². The second kappa shape index (κ2) is 4.89. The molecule has 15 heavy (non-hydrogen) atoms. The van der Waals surface area contributed by atoms with Crippen molar-refractivity contribution < 1.29 is 47.7 Å². The first kappa shape index (κ1) is 16.7. The molecule has 13 heteroatoms. The normalized spacial score (nSPS) is 12.7. The van der Waals surface area contributed by atoms with E-state index in [2.05, 4.69) is 0 Å². The second-order valence-corrected chi connectivity index (χ2v) is 3.88. The highest BCUT2D eigenvalue weighted by Crippen LogP contribution is 2.20. The van der Waals surface area contributed by atoms with Crippen molar-refractivity contribution in [3.63, 3.8) is 0 Å². The van der Waals surface area contributed by atoms with Crippen molar-refractivity contribution in [3.8, 4) is 0 Å². The van der Waals surface area contributed by atoms with Gasteiger partial charge in [-0.1, -0.05) is 0 Å². The summed E-state index contributed by atoms with van der Waals surface area (Å²) in [6.07, 6.45) is 0. The van der Waals surface area contributed by atoms with Crippen molar-refractivity contribution in [2.24, 2.45) is 0 Å². The third-order valence-electron chi connectivity index (χ3n) is 0.472. The van der Waals surface area contributed by atoms with Gasteiger partial charge in [0.15, 0.2) is 10.1 Å². The molecule has 0 N–H and O–H groups in total. The van der Waals surface area contributed by atoms with Gasteiger partial charge in [-0.05, 0) is 0 Å². The molecule has 0 saturated heterocycles. The lowest BCUT2D eigenvalue weighted by Gasteiger charge is -2.08. The van der Waals surface area contributed by atoms with Gasteiger partial charge in [-0.15, -0.1) is 13.2 Å². The Morgan fingerprint density at radius 1 is 0.933 bits per heavy atom. The van der Waals surface area contributed by atoms with E-state index in [4.69, 9.17) is 21.4 Å². The second-order valence-electron chi connectivity index (χ2n) is 1.58. The highest BCUT2D eigenvalue weighted by atomic mass is 32.2. The third kappa shape index (κ3) is 8.31. The minimum Gasteiger partial charge on any atom is -0.741 e. The predicted molar refractivity (Wildman–Crippen MR) is 30.5 cm³/mol. The molecule has 0 fully saturated rings. The van der Waals surface area contributed by atoms with Crippen molar-refractivity contribution in [2.75, 3.05) is 0 Å².